The van der Waals surface area contributed by atoms with Crippen molar-refractivity contribution >= 4 is 35.4 Å². The van der Waals surface area contributed by atoms with E-state index in [1.165, 1.54) is 20.8 Å². The van der Waals surface area contributed by atoms with Crippen LogP contribution in [0.25, 0.3) is 6.08 Å². The Morgan fingerprint density at radius 2 is 1.64 bits per heavy atom. The number of imide groups is 1. The summed E-state index contributed by atoms with van der Waals surface area (Å²) in [5.74, 6) is -2.98. The predicted octanol–water partition coefficient (Wildman–Crippen LogP) is 3.54. The van der Waals surface area contributed by atoms with Gasteiger partial charge in [0.15, 0.2) is 11.6 Å². The van der Waals surface area contributed by atoms with Crippen LogP contribution < -0.4 is 15.1 Å². The van der Waals surface area contributed by atoms with Crippen LogP contribution in [0.3, 0.4) is 0 Å². The number of hydrogen-bond donors (Lipinski definition) is 1. The van der Waals surface area contributed by atoms with E-state index in [2.05, 4.69) is 5.32 Å². The summed E-state index contributed by atoms with van der Waals surface area (Å²) in [5, 5.41) is 2.24. The molecule has 3 amide bonds. The number of carbonyl (C=O) groups is 3. The molecule has 0 aromatic heterocycles. The zero-order valence-electron chi connectivity index (χ0n) is 22.2. The van der Waals surface area contributed by atoms with E-state index < -0.39 is 41.4 Å². The second-order valence-electron chi connectivity index (χ2n) is 10.2. The highest BCUT2D eigenvalue weighted by Crippen LogP contribution is 2.32. The number of anilines is 2. The topological polar surface area (TPSA) is 91.4 Å². The van der Waals surface area contributed by atoms with Crippen LogP contribution in [0.15, 0.2) is 48.5 Å². The van der Waals surface area contributed by atoms with Gasteiger partial charge in [0.2, 0.25) is 6.23 Å². The normalized spacial score (nSPS) is 18.0. The van der Waals surface area contributed by atoms with Gasteiger partial charge in [0.1, 0.15) is 11.3 Å². The number of nitrogens with one attached hydrogen (secondary N) is 1. The second kappa shape index (κ2) is 11.8. The van der Waals surface area contributed by atoms with E-state index in [1.807, 2.05) is 18.2 Å². The lowest BCUT2D eigenvalue weighted by molar-refractivity contribution is -0.134. The maximum absolute atomic E-state index is 15.2. The molecule has 208 valence electrons. The maximum atomic E-state index is 15.2. The molecule has 9 nitrogen and oxygen atoms in total. The first kappa shape index (κ1) is 28.0. The minimum Gasteiger partial charge on any atom is -0.444 e. The number of rotatable bonds is 5. The van der Waals surface area contributed by atoms with Crippen molar-refractivity contribution in [1.29, 1.82) is 0 Å². The first-order valence-corrected chi connectivity index (χ1v) is 12.7. The molecule has 2 aromatic rings. The molecule has 11 heteroatoms. The highest BCUT2D eigenvalue weighted by atomic mass is 19.1. The smallest absolute Gasteiger partial charge is 0.410 e. The van der Waals surface area contributed by atoms with Gasteiger partial charge in [0.25, 0.3) is 11.8 Å². The molecule has 0 bridgehead atoms. The van der Waals surface area contributed by atoms with Gasteiger partial charge in [0, 0.05) is 44.5 Å². The Morgan fingerprint density at radius 1 is 1.00 bits per heavy atom. The lowest BCUT2D eigenvalue weighted by atomic mass is 10.2. The standard InChI is InChI=1S/C28H32F2N4O5/c1-28(2,3)39-27(37)33-13-11-32(12-14-33)24-21(29)17-20(18-22(24)30)34-15-16-38-26(34)25(36)31-23(35)10-9-19-7-5-4-6-8-19/h4-10,17-18,26H,11-16H2,1-3H3,(H,31,35,36). The van der Waals surface area contributed by atoms with Crippen molar-refractivity contribution in [1.82, 2.24) is 10.2 Å². The van der Waals surface area contributed by atoms with Gasteiger partial charge in [-0.2, -0.15) is 0 Å². The van der Waals surface area contributed by atoms with Gasteiger partial charge in [-0.25, -0.2) is 13.6 Å². The molecule has 1 atom stereocenters. The SMILES string of the molecule is CC(C)(C)OC(=O)N1CCN(c2c(F)cc(N3CCOC3C(=O)NC(=O)C=Cc3ccccc3)cc2F)CC1. The van der Waals surface area contributed by atoms with E-state index in [0.29, 0.717) is 0 Å². The van der Waals surface area contributed by atoms with E-state index in [1.54, 1.807) is 39.0 Å². The third kappa shape index (κ3) is 7.11. The van der Waals surface area contributed by atoms with E-state index >= 15 is 8.78 Å². The van der Waals surface area contributed by atoms with Crippen molar-refractivity contribution in [3.8, 4) is 0 Å². The maximum Gasteiger partial charge on any atom is 0.410 e. The molecule has 2 aromatic carbocycles. The molecule has 2 fully saturated rings. The molecule has 0 radical (unpaired) electrons. The van der Waals surface area contributed by atoms with Gasteiger partial charge >= 0.3 is 6.09 Å². The van der Waals surface area contributed by atoms with Gasteiger partial charge in [-0.3, -0.25) is 14.9 Å². The zero-order chi connectivity index (χ0) is 28.2. The van der Waals surface area contributed by atoms with Crippen LogP contribution in [-0.2, 0) is 19.1 Å². The number of nitrogens with zero attached hydrogens (tertiary/aromatic N) is 3. The fraction of sp³-hybridized carbons (Fsp3) is 0.393. The largest absolute Gasteiger partial charge is 0.444 e. The summed E-state index contributed by atoms with van der Waals surface area (Å²) in [6, 6.07) is 11.4. The molecule has 1 N–H and O–H groups in total. The number of benzene rings is 2. The van der Waals surface area contributed by atoms with Gasteiger partial charge in [-0.15, -0.1) is 0 Å². The number of ether oxygens (including phenoxy) is 2. The number of carbonyl (C=O) groups excluding carboxylic acids is 3. The lowest BCUT2D eigenvalue weighted by Gasteiger charge is -2.37. The first-order valence-electron chi connectivity index (χ1n) is 12.7. The molecule has 2 heterocycles. The minimum atomic E-state index is -1.22. The van der Waals surface area contributed by atoms with Crippen molar-refractivity contribution in [3.63, 3.8) is 0 Å². The molecule has 39 heavy (non-hydrogen) atoms. The highest BCUT2D eigenvalue weighted by molar-refractivity contribution is 6.04. The Labute approximate surface area is 225 Å². The van der Waals surface area contributed by atoms with Crippen molar-refractivity contribution < 1.29 is 32.6 Å². The monoisotopic (exact) mass is 542 g/mol. The molecule has 1 unspecified atom stereocenters. The summed E-state index contributed by atoms with van der Waals surface area (Å²) in [4.78, 5) is 41.7. The van der Waals surface area contributed by atoms with Crippen LogP contribution in [0.2, 0.25) is 0 Å². The number of piperazine rings is 1. The molecule has 4 rings (SSSR count). The summed E-state index contributed by atoms with van der Waals surface area (Å²) < 4.78 is 41.3. The third-order valence-corrected chi connectivity index (χ3v) is 6.17. The summed E-state index contributed by atoms with van der Waals surface area (Å²) in [5.41, 5.74) is 0.0646. The van der Waals surface area contributed by atoms with Gasteiger partial charge in [-0.05, 0) is 44.5 Å². The Bertz CT molecular complexity index is 1220. The highest BCUT2D eigenvalue weighted by Gasteiger charge is 2.34. The van der Waals surface area contributed by atoms with Crippen LogP contribution in [0, 0.1) is 11.6 Å². The van der Waals surface area contributed by atoms with Crippen LogP contribution in [-0.4, -0.2) is 74.0 Å². The summed E-state index contributed by atoms with van der Waals surface area (Å²) in [7, 11) is 0. The zero-order valence-corrected chi connectivity index (χ0v) is 22.2. The minimum absolute atomic E-state index is 0.117. The molecular formula is C28H32F2N4O5. The molecular weight excluding hydrogens is 510 g/mol. The molecule has 2 aliphatic rings. The van der Waals surface area contributed by atoms with Crippen LogP contribution >= 0.6 is 0 Å². The van der Waals surface area contributed by atoms with Crippen LogP contribution in [0.1, 0.15) is 26.3 Å². The van der Waals surface area contributed by atoms with E-state index in [4.69, 9.17) is 9.47 Å². The van der Waals surface area contributed by atoms with Crippen LogP contribution in [0.4, 0.5) is 25.0 Å². The lowest BCUT2D eigenvalue weighted by Crippen LogP contribution is -2.50. The first-order chi connectivity index (χ1) is 18.5. The summed E-state index contributed by atoms with van der Waals surface area (Å²) in [6.45, 7) is 6.62. The van der Waals surface area contributed by atoms with E-state index in [0.717, 1.165) is 17.7 Å². The van der Waals surface area contributed by atoms with Crippen molar-refractivity contribution in [3.05, 3.63) is 65.7 Å². The Kier molecular flexibility index (Phi) is 8.49. The van der Waals surface area contributed by atoms with Gasteiger partial charge in [0.05, 0.1) is 6.61 Å². The summed E-state index contributed by atoms with van der Waals surface area (Å²) in [6.07, 6.45) is 1.10. The van der Waals surface area contributed by atoms with Crippen molar-refractivity contribution in [2.75, 3.05) is 49.1 Å². The predicted molar refractivity (Wildman–Crippen MR) is 142 cm³/mol. The average molecular weight is 543 g/mol. The fourth-order valence-corrected chi connectivity index (χ4v) is 4.37. The Hall–Kier alpha value is -3.99. The van der Waals surface area contributed by atoms with Gasteiger partial charge in [-0.1, -0.05) is 30.3 Å². The van der Waals surface area contributed by atoms with E-state index in [-0.39, 0.29) is 50.7 Å². The number of hydrogen-bond acceptors (Lipinski definition) is 7. The average Bonchev–Trinajstić information content (AvgIpc) is 3.37. The molecule has 0 aliphatic carbocycles. The molecule has 2 aliphatic heterocycles. The number of amides is 3. The quantitative estimate of drug-likeness (QED) is 0.578. The van der Waals surface area contributed by atoms with Crippen molar-refractivity contribution in [2.24, 2.45) is 0 Å². The Balaban J connectivity index is 1.40. The van der Waals surface area contributed by atoms with E-state index in [9.17, 15) is 14.4 Å². The second-order valence-corrected chi connectivity index (χ2v) is 10.2. The third-order valence-electron chi connectivity index (χ3n) is 6.17. The number of halogens is 2. The van der Waals surface area contributed by atoms with Crippen LogP contribution in [0.5, 0.6) is 0 Å². The Morgan fingerprint density at radius 3 is 2.26 bits per heavy atom. The molecule has 2 saturated heterocycles. The molecule has 0 saturated carbocycles. The van der Waals surface area contributed by atoms with Gasteiger partial charge < -0.3 is 24.2 Å². The van der Waals surface area contributed by atoms with Crippen molar-refractivity contribution in [2.45, 2.75) is 32.6 Å². The summed E-state index contributed by atoms with van der Waals surface area (Å²) >= 11 is 0. The molecule has 0 spiro atoms. The fourth-order valence-electron chi connectivity index (χ4n) is 4.37.